The van der Waals surface area contributed by atoms with Crippen LogP contribution in [0.2, 0.25) is 0 Å². The quantitative estimate of drug-likeness (QED) is 0.117. The van der Waals surface area contributed by atoms with Gasteiger partial charge < -0.3 is 5.32 Å². The van der Waals surface area contributed by atoms with Gasteiger partial charge in [-0.05, 0) is 40.6 Å². The molecule has 36 heavy (non-hydrogen) atoms. The number of anilines is 1. The number of allylic oxidation sites excluding steroid dienone is 1. The molecule has 0 bridgehead atoms. The Morgan fingerprint density at radius 3 is 2.22 bits per heavy atom. The number of rotatable bonds is 6. The lowest BCUT2D eigenvalue weighted by Gasteiger charge is -2.07. The minimum Gasteiger partial charge on any atom is -0.325 e. The van der Waals surface area contributed by atoms with Crippen LogP contribution in [0.1, 0.15) is 26.3 Å². The Hall–Kier alpha value is -4.56. The van der Waals surface area contributed by atoms with E-state index >= 15 is 0 Å². The van der Waals surface area contributed by atoms with Gasteiger partial charge in [0.15, 0.2) is 11.6 Å². The predicted octanol–water partition coefficient (Wildman–Crippen LogP) is 5.94. The molecule has 1 aliphatic carbocycles. The fraction of sp³-hybridized carbons (Fsp3) is 0.0357. The molecule has 0 radical (unpaired) electrons. The van der Waals surface area contributed by atoms with Gasteiger partial charge in [-0.1, -0.05) is 60.7 Å². The molecule has 1 aliphatic rings. The molecule has 7 nitrogen and oxygen atoms in total. The van der Waals surface area contributed by atoms with E-state index in [2.05, 4.69) is 5.32 Å². The molecule has 0 atom stereocenters. The summed E-state index contributed by atoms with van der Waals surface area (Å²) in [6.07, 6.45) is 1.37. The molecular weight excluding hydrogens is 476 g/mol. The van der Waals surface area contributed by atoms with Crippen LogP contribution >= 0.6 is 11.8 Å². The summed E-state index contributed by atoms with van der Waals surface area (Å²) in [7, 11) is 0. The van der Waals surface area contributed by atoms with E-state index in [0.29, 0.717) is 27.3 Å². The summed E-state index contributed by atoms with van der Waals surface area (Å²) in [6, 6.07) is 24.3. The molecule has 0 spiro atoms. The summed E-state index contributed by atoms with van der Waals surface area (Å²) in [5.74, 6) is -1.12. The van der Waals surface area contributed by atoms with E-state index in [1.165, 1.54) is 18.2 Å². The first kappa shape index (κ1) is 23.2. The largest absolute Gasteiger partial charge is 0.325 e. The number of hydrogen-bond donors (Lipinski definition) is 1. The third kappa shape index (κ3) is 4.54. The molecule has 0 aromatic heterocycles. The second-order valence-electron chi connectivity index (χ2n) is 8.14. The van der Waals surface area contributed by atoms with Gasteiger partial charge in [0, 0.05) is 22.9 Å². The lowest BCUT2D eigenvalue weighted by molar-refractivity contribution is -0.387. The van der Waals surface area contributed by atoms with Crippen LogP contribution in [0.5, 0.6) is 0 Å². The van der Waals surface area contributed by atoms with Gasteiger partial charge in [0.25, 0.3) is 5.69 Å². The number of nitro benzene ring substituents is 1. The standard InChI is InChI=1S/C28H18N2O5S/c31-26(29-20-11-10-18-5-1-2-6-19(18)15-20)16-36-25-12-9-17(14-24(25)30(34)35)13-23-27(32)21-7-3-4-8-22(21)28(23)33/h1-15H,16H2,(H,29,31). The minimum absolute atomic E-state index is 0.0272. The molecule has 176 valence electrons. The monoisotopic (exact) mass is 494 g/mol. The van der Waals surface area contributed by atoms with E-state index in [-0.39, 0.29) is 22.9 Å². The Bertz CT molecular complexity index is 1570. The SMILES string of the molecule is O=C(CSc1ccc(C=C2C(=O)c3ccccc3C2=O)cc1[N+](=O)[O-])Nc1ccc2ccccc2c1. The number of hydrogen-bond acceptors (Lipinski definition) is 6. The molecule has 0 heterocycles. The smallest absolute Gasteiger partial charge is 0.283 e. The Morgan fingerprint density at radius 1 is 0.861 bits per heavy atom. The highest BCUT2D eigenvalue weighted by molar-refractivity contribution is 8.00. The maximum Gasteiger partial charge on any atom is 0.283 e. The second-order valence-corrected chi connectivity index (χ2v) is 9.16. The lowest BCUT2D eigenvalue weighted by atomic mass is 10.1. The van der Waals surface area contributed by atoms with E-state index in [0.717, 1.165) is 22.5 Å². The lowest BCUT2D eigenvalue weighted by Crippen LogP contribution is -2.14. The number of carbonyl (C=O) groups is 3. The number of nitro groups is 1. The van der Waals surface area contributed by atoms with Crippen molar-refractivity contribution >= 4 is 57.5 Å². The topological polar surface area (TPSA) is 106 Å². The van der Waals surface area contributed by atoms with Gasteiger partial charge in [0.05, 0.1) is 21.1 Å². The average molecular weight is 495 g/mol. The molecule has 8 heteroatoms. The fourth-order valence-corrected chi connectivity index (χ4v) is 4.87. The zero-order valence-electron chi connectivity index (χ0n) is 18.8. The van der Waals surface area contributed by atoms with Crippen LogP contribution in [0.4, 0.5) is 11.4 Å². The molecule has 0 saturated heterocycles. The zero-order chi connectivity index (χ0) is 25.2. The van der Waals surface area contributed by atoms with Gasteiger partial charge in [0.2, 0.25) is 5.91 Å². The maximum absolute atomic E-state index is 12.6. The van der Waals surface area contributed by atoms with Crippen LogP contribution in [0, 0.1) is 10.1 Å². The highest BCUT2D eigenvalue weighted by atomic mass is 32.2. The zero-order valence-corrected chi connectivity index (χ0v) is 19.6. The fourth-order valence-electron chi connectivity index (χ4n) is 4.07. The number of carbonyl (C=O) groups excluding carboxylic acids is 3. The molecule has 0 fully saturated rings. The molecule has 4 aromatic rings. The van der Waals surface area contributed by atoms with E-state index in [4.69, 9.17) is 0 Å². The number of ketones is 2. The first-order chi connectivity index (χ1) is 17.4. The van der Waals surface area contributed by atoms with Gasteiger partial charge in [-0.2, -0.15) is 0 Å². The summed E-state index contributed by atoms with van der Waals surface area (Å²) in [6.45, 7) is 0. The molecular formula is C28H18N2O5S. The molecule has 5 rings (SSSR count). The van der Waals surface area contributed by atoms with E-state index in [1.807, 2.05) is 36.4 Å². The van der Waals surface area contributed by atoms with Crippen molar-refractivity contribution in [3.8, 4) is 0 Å². The van der Waals surface area contributed by atoms with Gasteiger partial charge in [-0.3, -0.25) is 24.5 Å². The Kier molecular flexibility index (Phi) is 6.18. The van der Waals surface area contributed by atoms with Crippen LogP contribution in [-0.2, 0) is 4.79 Å². The Balaban J connectivity index is 1.31. The van der Waals surface area contributed by atoms with Gasteiger partial charge in [-0.25, -0.2) is 0 Å². The molecule has 0 unspecified atom stereocenters. The summed E-state index contributed by atoms with van der Waals surface area (Å²) < 4.78 is 0. The molecule has 0 aliphatic heterocycles. The third-order valence-electron chi connectivity index (χ3n) is 5.79. The number of nitrogens with one attached hydrogen (secondary N) is 1. The van der Waals surface area contributed by atoms with Crippen molar-refractivity contribution in [2.24, 2.45) is 0 Å². The Labute approximate surface area is 210 Å². The first-order valence-electron chi connectivity index (χ1n) is 11.0. The second kappa shape index (κ2) is 9.59. The van der Waals surface area contributed by atoms with Crippen molar-refractivity contribution in [3.63, 3.8) is 0 Å². The number of nitrogens with zero attached hydrogens (tertiary/aromatic N) is 1. The van der Waals surface area contributed by atoms with Gasteiger partial charge >= 0.3 is 0 Å². The van der Waals surface area contributed by atoms with E-state index < -0.39 is 16.5 Å². The minimum atomic E-state index is -0.543. The molecule has 1 N–H and O–H groups in total. The van der Waals surface area contributed by atoms with Crippen LogP contribution in [-0.4, -0.2) is 28.1 Å². The number of amides is 1. The summed E-state index contributed by atoms with van der Waals surface area (Å²) in [4.78, 5) is 49.2. The normalized spacial score (nSPS) is 12.5. The number of thioether (sulfide) groups is 1. The van der Waals surface area contributed by atoms with Crippen LogP contribution in [0.15, 0.2) is 95.4 Å². The number of fused-ring (bicyclic) bond motifs is 2. The Morgan fingerprint density at radius 2 is 1.53 bits per heavy atom. The van der Waals surface area contributed by atoms with Gasteiger partial charge in [-0.15, -0.1) is 11.8 Å². The highest BCUT2D eigenvalue weighted by Gasteiger charge is 2.32. The van der Waals surface area contributed by atoms with E-state index in [1.54, 1.807) is 36.4 Å². The highest BCUT2D eigenvalue weighted by Crippen LogP contribution is 2.33. The first-order valence-corrected chi connectivity index (χ1v) is 12.0. The average Bonchev–Trinajstić information content (AvgIpc) is 3.12. The van der Waals surface area contributed by atoms with Crippen LogP contribution < -0.4 is 5.32 Å². The van der Waals surface area contributed by atoms with Gasteiger partial charge in [0.1, 0.15) is 0 Å². The van der Waals surface area contributed by atoms with Crippen LogP contribution in [0.3, 0.4) is 0 Å². The number of Topliss-reactive ketones (excluding diaryl/α,β-unsaturated/α-hetero) is 2. The van der Waals surface area contributed by atoms with Crippen molar-refractivity contribution in [1.82, 2.24) is 0 Å². The third-order valence-corrected chi connectivity index (χ3v) is 6.85. The van der Waals surface area contributed by atoms with Crippen molar-refractivity contribution < 1.29 is 19.3 Å². The molecule has 4 aromatic carbocycles. The van der Waals surface area contributed by atoms with E-state index in [9.17, 15) is 24.5 Å². The summed E-state index contributed by atoms with van der Waals surface area (Å²) in [5, 5.41) is 16.6. The van der Waals surface area contributed by atoms with Crippen molar-refractivity contribution in [2.45, 2.75) is 4.90 Å². The molecule has 0 saturated carbocycles. The van der Waals surface area contributed by atoms with Crippen molar-refractivity contribution in [3.05, 3.63) is 117 Å². The molecule has 1 amide bonds. The van der Waals surface area contributed by atoms with Crippen LogP contribution in [0.25, 0.3) is 16.8 Å². The summed E-state index contributed by atoms with van der Waals surface area (Å²) >= 11 is 1.04. The number of benzene rings is 4. The maximum atomic E-state index is 12.6. The summed E-state index contributed by atoms with van der Waals surface area (Å²) in [5.41, 5.74) is 1.42. The van der Waals surface area contributed by atoms with Crippen molar-refractivity contribution in [2.75, 3.05) is 11.1 Å². The van der Waals surface area contributed by atoms with Crippen molar-refractivity contribution in [1.29, 1.82) is 0 Å². The predicted molar refractivity (Wildman–Crippen MR) is 139 cm³/mol.